The molecule has 1 aromatic carbocycles. The van der Waals surface area contributed by atoms with Gasteiger partial charge < -0.3 is 5.32 Å². The highest BCUT2D eigenvalue weighted by atomic mass is 32.1. The molecule has 2 aromatic rings. The number of nitrogens with zero attached hydrogens (tertiary/aromatic N) is 2. The molecule has 0 aliphatic carbocycles. The minimum atomic E-state index is -0.617. The molecule has 1 aromatic heterocycles. The predicted molar refractivity (Wildman–Crippen MR) is 67.4 cm³/mol. The lowest BCUT2D eigenvalue weighted by atomic mass is 10.2. The Bertz CT molecular complexity index is 522. The third kappa shape index (κ3) is 2.54. The molecular weight excluding hydrogens is 256 g/mol. The van der Waals surface area contributed by atoms with Crippen LogP contribution in [0.1, 0.15) is 24.9 Å². The number of nitrogens with one attached hydrogen (secondary N) is 1. The Labute approximate surface area is 108 Å². The van der Waals surface area contributed by atoms with Gasteiger partial charge in [-0.05, 0) is 25.6 Å². The third-order valence-corrected chi connectivity index (χ3v) is 3.62. The highest BCUT2D eigenvalue weighted by Crippen LogP contribution is 2.30. The van der Waals surface area contributed by atoms with Crippen LogP contribution < -0.4 is 5.32 Å². The summed E-state index contributed by atoms with van der Waals surface area (Å²) < 4.78 is 27.2. The number of hydrogen-bond donors (Lipinski definition) is 1. The molecule has 1 atom stereocenters. The van der Waals surface area contributed by atoms with Crippen LogP contribution in [0.15, 0.2) is 18.2 Å². The molecule has 0 saturated carbocycles. The molecule has 0 radical (unpaired) electrons. The van der Waals surface area contributed by atoms with Crippen LogP contribution >= 0.6 is 11.3 Å². The lowest BCUT2D eigenvalue weighted by Crippen LogP contribution is -2.17. The van der Waals surface area contributed by atoms with E-state index in [2.05, 4.69) is 15.5 Å². The minimum Gasteiger partial charge on any atom is -0.308 e. The Morgan fingerprint density at radius 3 is 2.56 bits per heavy atom. The second-order valence-corrected chi connectivity index (χ2v) is 4.83. The summed E-state index contributed by atoms with van der Waals surface area (Å²) in [7, 11) is 0. The Morgan fingerprint density at radius 2 is 1.94 bits per heavy atom. The average molecular weight is 269 g/mol. The van der Waals surface area contributed by atoms with Gasteiger partial charge in [-0.15, -0.1) is 10.2 Å². The van der Waals surface area contributed by atoms with Crippen LogP contribution in [-0.4, -0.2) is 16.7 Å². The van der Waals surface area contributed by atoms with Crippen molar-refractivity contribution in [3.8, 4) is 10.6 Å². The van der Waals surface area contributed by atoms with Gasteiger partial charge >= 0.3 is 0 Å². The van der Waals surface area contributed by atoms with E-state index in [1.54, 1.807) is 0 Å². The normalized spacial score (nSPS) is 12.7. The molecule has 1 heterocycles. The smallest absolute Gasteiger partial charge is 0.153 e. The van der Waals surface area contributed by atoms with Crippen molar-refractivity contribution in [1.29, 1.82) is 0 Å². The number of rotatable bonds is 4. The zero-order valence-corrected chi connectivity index (χ0v) is 10.9. The van der Waals surface area contributed by atoms with Crippen LogP contribution in [0.3, 0.4) is 0 Å². The van der Waals surface area contributed by atoms with Crippen molar-refractivity contribution in [2.45, 2.75) is 19.9 Å². The van der Waals surface area contributed by atoms with Gasteiger partial charge in [0.05, 0.1) is 11.6 Å². The molecule has 96 valence electrons. The summed E-state index contributed by atoms with van der Waals surface area (Å²) in [6, 6.07) is 3.79. The molecule has 6 heteroatoms. The van der Waals surface area contributed by atoms with Crippen molar-refractivity contribution in [2.24, 2.45) is 0 Å². The van der Waals surface area contributed by atoms with E-state index < -0.39 is 11.6 Å². The van der Waals surface area contributed by atoms with Gasteiger partial charge in [0.2, 0.25) is 0 Å². The van der Waals surface area contributed by atoms with Crippen LogP contribution in [0.5, 0.6) is 0 Å². The lowest BCUT2D eigenvalue weighted by Gasteiger charge is -2.06. The number of halogens is 2. The van der Waals surface area contributed by atoms with Crippen LogP contribution in [0.2, 0.25) is 0 Å². The quantitative estimate of drug-likeness (QED) is 0.926. The highest BCUT2D eigenvalue weighted by Gasteiger charge is 2.17. The maximum absolute atomic E-state index is 13.6. The van der Waals surface area contributed by atoms with E-state index in [4.69, 9.17) is 0 Å². The number of benzene rings is 1. The molecule has 18 heavy (non-hydrogen) atoms. The standard InChI is InChI=1S/C12H13F2N3S/c1-3-15-7(2)11-16-17-12(18-11)10-8(13)5-4-6-9(10)14/h4-7,15H,3H2,1-2H3. The van der Waals surface area contributed by atoms with Crippen molar-refractivity contribution in [3.05, 3.63) is 34.8 Å². The second kappa shape index (κ2) is 5.49. The van der Waals surface area contributed by atoms with Crippen LogP contribution in [0.4, 0.5) is 8.78 Å². The van der Waals surface area contributed by atoms with Gasteiger partial charge in [-0.3, -0.25) is 0 Å². The molecule has 1 unspecified atom stereocenters. The fourth-order valence-electron chi connectivity index (χ4n) is 1.61. The maximum Gasteiger partial charge on any atom is 0.153 e. The molecule has 0 bridgehead atoms. The summed E-state index contributed by atoms with van der Waals surface area (Å²) in [5.74, 6) is -1.23. The topological polar surface area (TPSA) is 37.8 Å². The summed E-state index contributed by atoms with van der Waals surface area (Å²) in [4.78, 5) is 0. The van der Waals surface area contributed by atoms with E-state index in [1.165, 1.54) is 29.5 Å². The van der Waals surface area contributed by atoms with Crippen molar-refractivity contribution in [3.63, 3.8) is 0 Å². The largest absolute Gasteiger partial charge is 0.308 e. The Hall–Kier alpha value is -1.40. The first-order valence-corrected chi connectivity index (χ1v) is 6.46. The maximum atomic E-state index is 13.6. The summed E-state index contributed by atoms with van der Waals surface area (Å²) in [5, 5.41) is 12.0. The summed E-state index contributed by atoms with van der Waals surface area (Å²) >= 11 is 1.20. The Balaban J connectivity index is 2.35. The first-order valence-electron chi connectivity index (χ1n) is 5.64. The molecule has 0 spiro atoms. The first kappa shape index (κ1) is 13.0. The molecule has 0 aliphatic rings. The highest BCUT2D eigenvalue weighted by molar-refractivity contribution is 7.14. The SMILES string of the molecule is CCNC(C)c1nnc(-c2c(F)cccc2F)s1. The summed E-state index contributed by atoms with van der Waals surface area (Å²) in [6.07, 6.45) is 0. The number of aromatic nitrogens is 2. The molecule has 0 saturated heterocycles. The Morgan fingerprint density at radius 1 is 1.28 bits per heavy atom. The van der Waals surface area contributed by atoms with E-state index in [9.17, 15) is 8.78 Å². The van der Waals surface area contributed by atoms with Gasteiger partial charge in [0, 0.05) is 0 Å². The van der Waals surface area contributed by atoms with Crippen molar-refractivity contribution in [2.75, 3.05) is 6.54 Å². The molecule has 2 rings (SSSR count). The predicted octanol–water partition coefficient (Wildman–Crippen LogP) is 3.15. The fourth-order valence-corrected chi connectivity index (χ4v) is 2.52. The van der Waals surface area contributed by atoms with Gasteiger partial charge in [-0.1, -0.05) is 24.3 Å². The molecule has 0 amide bonds. The van der Waals surface area contributed by atoms with E-state index in [1.807, 2.05) is 13.8 Å². The fraction of sp³-hybridized carbons (Fsp3) is 0.333. The first-order chi connectivity index (χ1) is 8.63. The van der Waals surface area contributed by atoms with Gasteiger partial charge in [0.25, 0.3) is 0 Å². The second-order valence-electron chi connectivity index (χ2n) is 3.82. The zero-order chi connectivity index (χ0) is 13.1. The Kier molecular flexibility index (Phi) is 3.98. The van der Waals surface area contributed by atoms with Crippen LogP contribution in [0, 0.1) is 11.6 Å². The van der Waals surface area contributed by atoms with Crippen LogP contribution in [0.25, 0.3) is 10.6 Å². The van der Waals surface area contributed by atoms with E-state index in [0.717, 1.165) is 11.6 Å². The van der Waals surface area contributed by atoms with Crippen molar-refractivity contribution < 1.29 is 8.78 Å². The van der Waals surface area contributed by atoms with E-state index in [-0.39, 0.29) is 16.6 Å². The number of hydrogen-bond acceptors (Lipinski definition) is 4. The molecule has 0 aliphatic heterocycles. The van der Waals surface area contributed by atoms with Gasteiger partial charge in [-0.25, -0.2) is 8.78 Å². The average Bonchev–Trinajstić information content (AvgIpc) is 2.78. The molecule has 3 nitrogen and oxygen atoms in total. The minimum absolute atomic E-state index is 0.0242. The van der Waals surface area contributed by atoms with E-state index >= 15 is 0 Å². The summed E-state index contributed by atoms with van der Waals surface area (Å²) in [6.45, 7) is 4.71. The molecule has 0 fully saturated rings. The zero-order valence-electron chi connectivity index (χ0n) is 10.1. The van der Waals surface area contributed by atoms with E-state index in [0.29, 0.717) is 0 Å². The van der Waals surface area contributed by atoms with Crippen molar-refractivity contribution in [1.82, 2.24) is 15.5 Å². The van der Waals surface area contributed by atoms with Gasteiger partial charge in [0.1, 0.15) is 16.6 Å². The van der Waals surface area contributed by atoms with Crippen LogP contribution in [-0.2, 0) is 0 Å². The molecule has 1 N–H and O–H groups in total. The third-order valence-electron chi connectivity index (χ3n) is 2.50. The monoisotopic (exact) mass is 269 g/mol. The summed E-state index contributed by atoms with van der Waals surface area (Å²) in [5.41, 5.74) is -0.107. The lowest BCUT2D eigenvalue weighted by molar-refractivity contribution is 0.587. The van der Waals surface area contributed by atoms with Crippen molar-refractivity contribution >= 4 is 11.3 Å². The van der Waals surface area contributed by atoms with Gasteiger partial charge in [-0.2, -0.15) is 0 Å². The van der Waals surface area contributed by atoms with Gasteiger partial charge in [0.15, 0.2) is 5.01 Å². The molecular formula is C12H13F2N3S.